The van der Waals surface area contributed by atoms with Crippen LogP contribution in [0.2, 0.25) is 0 Å². The normalized spacial score (nSPS) is 10.4. The first-order valence-electron chi connectivity index (χ1n) is 6.65. The molecule has 2 nitrogen and oxygen atoms in total. The number of hydrogen-bond donors (Lipinski definition) is 1. The molecule has 0 aliphatic heterocycles. The second-order valence-corrected chi connectivity index (χ2v) is 4.79. The van der Waals surface area contributed by atoms with Gasteiger partial charge in [0.25, 0.3) is 0 Å². The third-order valence-electron chi connectivity index (χ3n) is 3.50. The molecule has 0 aliphatic rings. The Kier molecular flexibility index (Phi) is 5.84. The van der Waals surface area contributed by atoms with Gasteiger partial charge in [-0.15, -0.1) is 6.54 Å². The SMILES string of the molecule is [Ac].[NH-]CCc1c(Cc2ccccc2)[nH]c2ccccc12. The molecule has 0 unspecified atom stereocenters. The first kappa shape index (κ1) is 15.8. The zero-order valence-electron chi connectivity index (χ0n) is 11.4. The number of para-hydroxylation sites is 1. The fourth-order valence-electron chi connectivity index (χ4n) is 2.62. The molecule has 3 rings (SSSR count). The van der Waals surface area contributed by atoms with Crippen molar-refractivity contribution in [2.75, 3.05) is 6.54 Å². The average Bonchev–Trinajstić information content (AvgIpc) is 2.79. The number of nitrogens with one attached hydrogen (secondary N) is 2. The predicted molar refractivity (Wildman–Crippen MR) is 80.4 cm³/mol. The summed E-state index contributed by atoms with van der Waals surface area (Å²) in [6.07, 6.45) is 1.72. The van der Waals surface area contributed by atoms with Crippen LogP contribution in [0.1, 0.15) is 16.8 Å². The average molecular weight is 476 g/mol. The molecule has 0 amide bonds. The van der Waals surface area contributed by atoms with Crippen LogP contribution in [0.25, 0.3) is 16.6 Å². The van der Waals surface area contributed by atoms with Crippen LogP contribution in [0.4, 0.5) is 0 Å². The van der Waals surface area contributed by atoms with Crippen molar-refractivity contribution in [1.82, 2.24) is 4.98 Å². The van der Waals surface area contributed by atoms with E-state index in [4.69, 9.17) is 5.73 Å². The van der Waals surface area contributed by atoms with E-state index < -0.39 is 0 Å². The number of benzene rings is 2. The van der Waals surface area contributed by atoms with Crippen LogP contribution in [-0.4, -0.2) is 11.5 Å². The van der Waals surface area contributed by atoms with Crippen molar-refractivity contribution in [3.8, 4) is 0 Å². The van der Waals surface area contributed by atoms with Crippen LogP contribution in [0.5, 0.6) is 0 Å². The molecule has 3 aromatic rings. The van der Waals surface area contributed by atoms with Crippen molar-refractivity contribution < 1.29 is 44.1 Å². The standard InChI is InChI=1S/C17H17N2.Ac/c18-11-10-15-14-8-4-5-9-16(14)19-17(15)12-13-6-2-1-3-7-13;/h1-9,18-19H,10-12H2;/q-1;. The van der Waals surface area contributed by atoms with Crippen molar-refractivity contribution in [3.05, 3.63) is 77.2 Å². The molecule has 20 heavy (non-hydrogen) atoms. The van der Waals surface area contributed by atoms with Gasteiger partial charge in [0.1, 0.15) is 0 Å². The molecule has 0 saturated carbocycles. The zero-order chi connectivity index (χ0) is 13.1. The van der Waals surface area contributed by atoms with Gasteiger partial charge in [-0.25, -0.2) is 0 Å². The van der Waals surface area contributed by atoms with Gasteiger partial charge in [0, 0.05) is 67.1 Å². The summed E-state index contributed by atoms with van der Waals surface area (Å²) in [4.78, 5) is 3.51. The van der Waals surface area contributed by atoms with Crippen molar-refractivity contribution in [3.63, 3.8) is 0 Å². The minimum Gasteiger partial charge on any atom is -0.677 e. The molecule has 2 aromatic carbocycles. The summed E-state index contributed by atoms with van der Waals surface area (Å²) in [6, 6.07) is 18.9. The van der Waals surface area contributed by atoms with Gasteiger partial charge in [0.2, 0.25) is 0 Å². The van der Waals surface area contributed by atoms with E-state index in [0.717, 1.165) is 12.8 Å². The van der Waals surface area contributed by atoms with Gasteiger partial charge in [0.15, 0.2) is 0 Å². The quantitative estimate of drug-likeness (QED) is 0.582. The summed E-state index contributed by atoms with van der Waals surface area (Å²) < 4.78 is 0. The molecule has 0 aliphatic carbocycles. The molecule has 1 radical (unpaired) electrons. The number of fused-ring (bicyclic) bond motifs is 1. The number of aromatic nitrogens is 1. The topological polar surface area (TPSA) is 39.6 Å². The first-order valence-corrected chi connectivity index (χ1v) is 6.65. The van der Waals surface area contributed by atoms with E-state index in [9.17, 15) is 0 Å². The summed E-state index contributed by atoms with van der Waals surface area (Å²) >= 11 is 0. The Morgan fingerprint density at radius 3 is 2.35 bits per heavy atom. The van der Waals surface area contributed by atoms with E-state index in [1.54, 1.807) is 0 Å². The summed E-state index contributed by atoms with van der Waals surface area (Å²) in [5.41, 5.74) is 12.6. The van der Waals surface area contributed by atoms with Crippen molar-refractivity contribution in [2.24, 2.45) is 0 Å². The zero-order valence-corrected chi connectivity index (χ0v) is 16.1. The minimum atomic E-state index is 0. The van der Waals surface area contributed by atoms with Gasteiger partial charge in [-0.05, 0) is 23.6 Å². The van der Waals surface area contributed by atoms with E-state index in [-0.39, 0.29) is 44.1 Å². The molecule has 0 atom stereocenters. The van der Waals surface area contributed by atoms with Crippen molar-refractivity contribution in [1.29, 1.82) is 0 Å². The fraction of sp³-hybridized carbons (Fsp3) is 0.176. The van der Waals surface area contributed by atoms with Crippen LogP contribution in [0.3, 0.4) is 0 Å². The molecule has 0 spiro atoms. The third-order valence-corrected chi connectivity index (χ3v) is 3.50. The Bertz CT molecular complexity index is 674. The molecule has 0 bridgehead atoms. The van der Waals surface area contributed by atoms with E-state index in [1.807, 2.05) is 6.07 Å². The van der Waals surface area contributed by atoms with Gasteiger partial charge in [-0.1, -0.05) is 48.5 Å². The summed E-state index contributed by atoms with van der Waals surface area (Å²) in [6.45, 7) is 0.434. The molecule has 3 heteroatoms. The third kappa shape index (κ3) is 3.34. The van der Waals surface area contributed by atoms with Crippen molar-refractivity contribution >= 4 is 10.9 Å². The van der Waals surface area contributed by atoms with E-state index in [1.165, 1.54) is 27.7 Å². The van der Waals surface area contributed by atoms with E-state index >= 15 is 0 Å². The van der Waals surface area contributed by atoms with E-state index in [0.29, 0.717) is 6.54 Å². The second kappa shape index (κ2) is 7.41. The maximum atomic E-state index is 7.52. The maximum absolute atomic E-state index is 7.52. The molecule has 2 N–H and O–H groups in total. The minimum absolute atomic E-state index is 0. The fourth-order valence-corrected chi connectivity index (χ4v) is 2.62. The predicted octanol–water partition coefficient (Wildman–Crippen LogP) is 4.35. The van der Waals surface area contributed by atoms with Gasteiger partial charge >= 0.3 is 0 Å². The van der Waals surface area contributed by atoms with Crippen LogP contribution in [0.15, 0.2) is 54.6 Å². The Balaban J connectivity index is 0.00000147. The van der Waals surface area contributed by atoms with Crippen LogP contribution in [0, 0.1) is 44.1 Å². The molecule has 1 heterocycles. The smallest absolute Gasteiger partial charge is 0.0459 e. The van der Waals surface area contributed by atoms with Crippen LogP contribution in [-0.2, 0) is 12.8 Å². The summed E-state index contributed by atoms with van der Waals surface area (Å²) in [7, 11) is 0. The Labute approximate surface area is 155 Å². The molecule has 1 aromatic heterocycles. The second-order valence-electron chi connectivity index (χ2n) is 4.79. The molecule has 0 saturated heterocycles. The van der Waals surface area contributed by atoms with Crippen molar-refractivity contribution in [2.45, 2.75) is 12.8 Å². The molecular weight excluding hydrogens is 459 g/mol. The Morgan fingerprint density at radius 2 is 1.60 bits per heavy atom. The molecule has 99 valence electrons. The number of H-pyrrole nitrogens is 1. The molecule has 0 fully saturated rings. The largest absolute Gasteiger partial charge is 0.677 e. The monoisotopic (exact) mass is 476 g/mol. The Hall–Kier alpha value is -0.618. The molecular formula is C17H17AcN2-. The summed E-state index contributed by atoms with van der Waals surface area (Å²) in [5.74, 6) is 0. The summed E-state index contributed by atoms with van der Waals surface area (Å²) in [5, 5.41) is 1.26. The number of aromatic amines is 1. The van der Waals surface area contributed by atoms with Gasteiger partial charge in [0.05, 0.1) is 0 Å². The van der Waals surface area contributed by atoms with Crippen LogP contribution < -0.4 is 0 Å². The Morgan fingerprint density at radius 1 is 0.900 bits per heavy atom. The first-order chi connectivity index (χ1) is 9.38. The van der Waals surface area contributed by atoms with Gasteiger partial charge in [-0.3, -0.25) is 0 Å². The number of rotatable bonds is 4. The number of hydrogen-bond acceptors (Lipinski definition) is 0. The van der Waals surface area contributed by atoms with E-state index in [2.05, 4.69) is 53.5 Å². The van der Waals surface area contributed by atoms with Gasteiger partial charge < -0.3 is 10.7 Å². The van der Waals surface area contributed by atoms with Crippen LogP contribution >= 0.6 is 0 Å². The van der Waals surface area contributed by atoms with Gasteiger partial charge in [-0.2, -0.15) is 0 Å². The maximum Gasteiger partial charge on any atom is 0.0459 e.